The Labute approximate surface area is 63.9 Å². The SMILES string of the molecule is F/C=C/c1cccc(Cl)c1. The predicted octanol–water partition coefficient (Wildman–Crippen LogP) is 3.28. The third-order valence-electron chi connectivity index (χ3n) is 1.10. The fourth-order valence-electron chi connectivity index (χ4n) is 0.683. The molecule has 0 saturated carbocycles. The van der Waals surface area contributed by atoms with Crippen LogP contribution in [0.4, 0.5) is 4.39 Å². The van der Waals surface area contributed by atoms with E-state index in [1.54, 1.807) is 24.3 Å². The second kappa shape index (κ2) is 3.37. The highest BCUT2D eigenvalue weighted by atomic mass is 35.5. The molecule has 0 aliphatic rings. The van der Waals surface area contributed by atoms with E-state index in [2.05, 4.69) is 0 Å². The van der Waals surface area contributed by atoms with Gasteiger partial charge in [0.1, 0.15) is 0 Å². The fourth-order valence-corrected chi connectivity index (χ4v) is 0.882. The standard InChI is InChI=1S/C8H6ClF/c9-8-3-1-2-7(6-8)4-5-10/h1-6H/b5-4+. The van der Waals surface area contributed by atoms with Crippen molar-refractivity contribution in [2.24, 2.45) is 0 Å². The molecule has 0 aromatic heterocycles. The van der Waals surface area contributed by atoms with E-state index in [-0.39, 0.29) is 0 Å². The van der Waals surface area contributed by atoms with E-state index in [9.17, 15) is 4.39 Å². The Kier molecular flexibility index (Phi) is 2.46. The van der Waals surface area contributed by atoms with Crippen LogP contribution in [0.1, 0.15) is 5.56 Å². The lowest BCUT2D eigenvalue weighted by Crippen LogP contribution is -1.68. The smallest absolute Gasteiger partial charge is 0.0872 e. The molecule has 0 heterocycles. The van der Waals surface area contributed by atoms with Gasteiger partial charge in [-0.2, -0.15) is 0 Å². The Morgan fingerprint density at radius 3 is 2.80 bits per heavy atom. The van der Waals surface area contributed by atoms with Crippen molar-refractivity contribution in [3.63, 3.8) is 0 Å². The summed E-state index contributed by atoms with van der Waals surface area (Å²) in [5.74, 6) is 0. The Balaban J connectivity index is 2.95. The van der Waals surface area contributed by atoms with Gasteiger partial charge in [0.2, 0.25) is 0 Å². The number of hydrogen-bond donors (Lipinski definition) is 0. The minimum absolute atomic E-state index is 0.492. The summed E-state index contributed by atoms with van der Waals surface area (Å²) >= 11 is 5.62. The molecule has 0 amide bonds. The van der Waals surface area contributed by atoms with E-state index < -0.39 is 0 Å². The molecule has 0 unspecified atom stereocenters. The average molecular weight is 157 g/mol. The minimum atomic E-state index is 0.492. The molecule has 10 heavy (non-hydrogen) atoms. The van der Waals surface area contributed by atoms with Gasteiger partial charge in [-0.05, 0) is 23.8 Å². The van der Waals surface area contributed by atoms with Crippen LogP contribution in [-0.4, -0.2) is 0 Å². The molecule has 0 atom stereocenters. The van der Waals surface area contributed by atoms with Crippen molar-refractivity contribution in [3.05, 3.63) is 41.2 Å². The molecule has 1 aromatic rings. The van der Waals surface area contributed by atoms with Crippen LogP contribution in [0.25, 0.3) is 6.08 Å². The van der Waals surface area contributed by atoms with Gasteiger partial charge in [0, 0.05) is 5.02 Å². The maximum Gasteiger partial charge on any atom is 0.0872 e. The van der Waals surface area contributed by atoms with Crippen molar-refractivity contribution in [2.45, 2.75) is 0 Å². The summed E-state index contributed by atoms with van der Waals surface area (Å²) in [6, 6.07) is 6.99. The third-order valence-corrected chi connectivity index (χ3v) is 1.34. The maximum atomic E-state index is 11.6. The van der Waals surface area contributed by atoms with Gasteiger partial charge < -0.3 is 0 Å². The van der Waals surface area contributed by atoms with E-state index in [1.807, 2.05) is 0 Å². The van der Waals surface area contributed by atoms with Crippen molar-refractivity contribution < 1.29 is 4.39 Å². The summed E-state index contributed by atoms with van der Waals surface area (Å²) in [4.78, 5) is 0. The van der Waals surface area contributed by atoms with Crippen molar-refractivity contribution in [1.82, 2.24) is 0 Å². The summed E-state index contributed by atoms with van der Waals surface area (Å²) in [5.41, 5.74) is 0.773. The van der Waals surface area contributed by atoms with E-state index in [4.69, 9.17) is 11.6 Å². The monoisotopic (exact) mass is 156 g/mol. The Bertz CT molecular complexity index is 243. The van der Waals surface area contributed by atoms with Crippen LogP contribution in [0.5, 0.6) is 0 Å². The molecule has 0 N–H and O–H groups in total. The topological polar surface area (TPSA) is 0 Å². The summed E-state index contributed by atoms with van der Waals surface area (Å²) in [6.07, 6.45) is 1.84. The zero-order chi connectivity index (χ0) is 7.40. The number of rotatable bonds is 1. The lowest BCUT2D eigenvalue weighted by molar-refractivity contribution is 0.727. The zero-order valence-corrected chi connectivity index (χ0v) is 5.98. The Morgan fingerprint density at radius 2 is 2.20 bits per heavy atom. The molecular weight excluding hydrogens is 151 g/mol. The van der Waals surface area contributed by atoms with Crippen LogP contribution in [0.2, 0.25) is 5.02 Å². The summed E-state index contributed by atoms with van der Waals surface area (Å²) in [5, 5.41) is 0.621. The lowest BCUT2D eigenvalue weighted by Gasteiger charge is -1.90. The lowest BCUT2D eigenvalue weighted by atomic mass is 10.2. The molecule has 0 bridgehead atoms. The van der Waals surface area contributed by atoms with Crippen LogP contribution in [-0.2, 0) is 0 Å². The van der Waals surface area contributed by atoms with E-state index in [0.717, 1.165) is 5.56 Å². The van der Waals surface area contributed by atoms with E-state index >= 15 is 0 Å². The first-order valence-corrected chi connectivity index (χ1v) is 3.23. The van der Waals surface area contributed by atoms with Crippen molar-refractivity contribution in [2.75, 3.05) is 0 Å². The quantitative estimate of drug-likeness (QED) is 0.586. The predicted molar refractivity (Wildman–Crippen MR) is 41.6 cm³/mol. The van der Waals surface area contributed by atoms with Crippen LogP contribution in [0.15, 0.2) is 30.6 Å². The first kappa shape index (κ1) is 7.29. The fraction of sp³-hybridized carbons (Fsp3) is 0. The van der Waals surface area contributed by atoms with Gasteiger partial charge in [-0.25, -0.2) is 4.39 Å². The van der Waals surface area contributed by atoms with Crippen molar-refractivity contribution >= 4 is 17.7 Å². The minimum Gasteiger partial charge on any atom is -0.216 e. The normalized spacial score (nSPS) is 10.6. The van der Waals surface area contributed by atoms with Gasteiger partial charge in [0.15, 0.2) is 0 Å². The summed E-state index contributed by atoms with van der Waals surface area (Å²) in [7, 11) is 0. The third kappa shape index (κ3) is 1.85. The molecule has 52 valence electrons. The summed E-state index contributed by atoms with van der Waals surface area (Å²) in [6.45, 7) is 0. The second-order valence-electron chi connectivity index (χ2n) is 1.85. The van der Waals surface area contributed by atoms with Gasteiger partial charge >= 0.3 is 0 Å². The molecule has 0 radical (unpaired) electrons. The van der Waals surface area contributed by atoms with Gasteiger partial charge in [-0.1, -0.05) is 23.7 Å². The molecule has 2 heteroatoms. The molecule has 0 fully saturated rings. The van der Waals surface area contributed by atoms with Crippen molar-refractivity contribution in [1.29, 1.82) is 0 Å². The number of benzene rings is 1. The molecule has 1 aromatic carbocycles. The summed E-state index contributed by atoms with van der Waals surface area (Å²) < 4.78 is 11.6. The molecule has 0 spiro atoms. The van der Waals surface area contributed by atoms with E-state index in [0.29, 0.717) is 11.4 Å². The van der Waals surface area contributed by atoms with Gasteiger partial charge in [-0.15, -0.1) is 0 Å². The van der Waals surface area contributed by atoms with Crippen LogP contribution in [0.3, 0.4) is 0 Å². The molecule has 0 saturated heterocycles. The highest BCUT2D eigenvalue weighted by Gasteiger charge is 1.86. The average Bonchev–Trinajstić information content (AvgIpc) is 1.88. The van der Waals surface area contributed by atoms with Crippen LogP contribution >= 0.6 is 11.6 Å². The Morgan fingerprint density at radius 1 is 1.40 bits per heavy atom. The van der Waals surface area contributed by atoms with E-state index in [1.165, 1.54) is 6.08 Å². The van der Waals surface area contributed by atoms with Gasteiger partial charge in [0.25, 0.3) is 0 Å². The van der Waals surface area contributed by atoms with Crippen molar-refractivity contribution in [3.8, 4) is 0 Å². The second-order valence-corrected chi connectivity index (χ2v) is 2.28. The van der Waals surface area contributed by atoms with Crippen LogP contribution in [0, 0.1) is 0 Å². The maximum absolute atomic E-state index is 11.6. The molecular formula is C8H6ClF. The zero-order valence-electron chi connectivity index (χ0n) is 5.22. The molecule has 1 rings (SSSR count). The highest BCUT2D eigenvalue weighted by Crippen LogP contribution is 2.11. The first-order valence-electron chi connectivity index (χ1n) is 2.85. The molecule has 0 aliphatic heterocycles. The number of halogens is 2. The largest absolute Gasteiger partial charge is 0.216 e. The van der Waals surface area contributed by atoms with Gasteiger partial charge in [-0.3, -0.25) is 0 Å². The van der Waals surface area contributed by atoms with Gasteiger partial charge in [0.05, 0.1) is 6.33 Å². The van der Waals surface area contributed by atoms with Crippen LogP contribution < -0.4 is 0 Å². The Hall–Kier alpha value is -0.820. The first-order chi connectivity index (χ1) is 4.83. The molecule has 0 nitrogen and oxygen atoms in total. The molecule has 0 aliphatic carbocycles. The number of hydrogen-bond acceptors (Lipinski definition) is 0. The highest BCUT2D eigenvalue weighted by molar-refractivity contribution is 6.30.